The molecule has 0 bridgehead atoms. The summed E-state index contributed by atoms with van der Waals surface area (Å²) in [5, 5.41) is 9.16. The Bertz CT molecular complexity index is 476. The molecule has 0 N–H and O–H groups in total. The van der Waals surface area contributed by atoms with Gasteiger partial charge in [0.05, 0.1) is 0 Å². The van der Waals surface area contributed by atoms with Crippen LogP contribution in [0.25, 0.3) is 0 Å². The molecular formula is C10H15N2O3PS2. The molecule has 0 atom stereocenters. The van der Waals surface area contributed by atoms with Gasteiger partial charge in [0.15, 0.2) is 0 Å². The van der Waals surface area contributed by atoms with E-state index in [0.717, 1.165) is 24.1 Å². The number of unbranched alkanes of at least 4 members (excludes halogenated alkanes) is 1. The molecule has 1 heterocycles. The van der Waals surface area contributed by atoms with Gasteiger partial charge in [-0.3, -0.25) is 0 Å². The Kier molecular flexibility index (Phi) is 6.19. The molecule has 8 heteroatoms. The van der Waals surface area contributed by atoms with Crippen LogP contribution >= 0.6 is 18.3 Å². The van der Waals surface area contributed by atoms with Gasteiger partial charge >= 0.3 is 6.72 Å². The first-order valence-corrected chi connectivity index (χ1v) is 8.72. The average Bonchev–Trinajstić information content (AvgIpc) is 2.77. The van der Waals surface area contributed by atoms with Crippen molar-refractivity contribution in [2.75, 3.05) is 14.2 Å². The van der Waals surface area contributed by atoms with Gasteiger partial charge in [-0.2, -0.15) is 9.64 Å². The van der Waals surface area contributed by atoms with Crippen LogP contribution in [0.1, 0.15) is 30.2 Å². The third-order valence-corrected chi connectivity index (χ3v) is 5.54. The lowest BCUT2D eigenvalue weighted by Gasteiger charge is -2.16. The second-order valence-electron chi connectivity index (χ2n) is 3.40. The number of nitriles is 1. The number of aromatic nitrogens is 1. The van der Waals surface area contributed by atoms with Crippen LogP contribution in [-0.2, 0) is 27.3 Å². The molecule has 0 radical (unpaired) electrons. The van der Waals surface area contributed by atoms with Crippen LogP contribution in [0.4, 0.5) is 0 Å². The second-order valence-corrected chi connectivity index (χ2v) is 7.41. The fourth-order valence-corrected chi connectivity index (χ4v) is 2.93. The Labute approximate surface area is 116 Å². The molecule has 0 aliphatic carbocycles. The van der Waals surface area contributed by atoms with E-state index in [4.69, 9.17) is 30.6 Å². The minimum absolute atomic E-state index is 0.223. The summed E-state index contributed by atoms with van der Waals surface area (Å²) in [5.74, 6) is 0.223. The van der Waals surface area contributed by atoms with E-state index in [9.17, 15) is 0 Å². The summed E-state index contributed by atoms with van der Waals surface area (Å²) in [7, 11) is 2.83. The monoisotopic (exact) mass is 306 g/mol. The van der Waals surface area contributed by atoms with E-state index in [2.05, 4.69) is 17.4 Å². The highest BCUT2D eigenvalue weighted by Crippen LogP contribution is 2.49. The first-order valence-electron chi connectivity index (χ1n) is 5.40. The van der Waals surface area contributed by atoms with Crippen LogP contribution in [-0.4, -0.2) is 18.6 Å². The molecule has 0 saturated heterocycles. The number of hydrogen-bond acceptors (Lipinski definition) is 7. The number of aryl methyl sites for hydroxylation is 1. The highest BCUT2D eigenvalue weighted by atomic mass is 32.5. The zero-order valence-electron chi connectivity index (χ0n) is 10.5. The van der Waals surface area contributed by atoms with Gasteiger partial charge in [-0.1, -0.05) is 13.3 Å². The Balaban J connectivity index is 2.94. The van der Waals surface area contributed by atoms with Crippen molar-refractivity contribution in [2.45, 2.75) is 26.2 Å². The molecule has 18 heavy (non-hydrogen) atoms. The lowest BCUT2D eigenvalue weighted by atomic mass is 10.2. The SMILES string of the molecule is CCCCc1snc(OP(=S)(OC)OC)c1C#N. The summed E-state index contributed by atoms with van der Waals surface area (Å²) in [5.41, 5.74) is 0.441. The molecule has 5 nitrogen and oxygen atoms in total. The molecule has 0 saturated carbocycles. The van der Waals surface area contributed by atoms with Crippen LogP contribution < -0.4 is 4.52 Å². The van der Waals surface area contributed by atoms with E-state index in [1.165, 1.54) is 25.8 Å². The van der Waals surface area contributed by atoms with Crippen LogP contribution in [0.2, 0.25) is 0 Å². The Morgan fingerprint density at radius 1 is 1.44 bits per heavy atom. The second kappa shape index (κ2) is 7.17. The van der Waals surface area contributed by atoms with Gasteiger partial charge in [0.25, 0.3) is 5.88 Å². The number of rotatable bonds is 7. The molecular weight excluding hydrogens is 291 g/mol. The smallest absolute Gasteiger partial charge is 0.381 e. The van der Waals surface area contributed by atoms with Crippen LogP contribution in [0.3, 0.4) is 0 Å². The van der Waals surface area contributed by atoms with E-state index in [1.807, 2.05) is 0 Å². The predicted octanol–water partition coefficient (Wildman–Crippen LogP) is 3.25. The maximum atomic E-state index is 9.16. The van der Waals surface area contributed by atoms with E-state index in [1.54, 1.807) is 0 Å². The first-order chi connectivity index (χ1) is 8.60. The molecule has 100 valence electrons. The van der Waals surface area contributed by atoms with Gasteiger partial charge in [0, 0.05) is 30.9 Å². The Hall–Kier alpha value is -0.510. The molecule has 0 unspecified atom stereocenters. The summed E-state index contributed by atoms with van der Waals surface area (Å²) in [6.07, 6.45) is 2.90. The van der Waals surface area contributed by atoms with Crippen molar-refractivity contribution in [3.8, 4) is 11.9 Å². The Morgan fingerprint density at radius 3 is 2.61 bits per heavy atom. The molecule has 1 aromatic heterocycles. The molecule has 0 spiro atoms. The van der Waals surface area contributed by atoms with Crippen molar-refractivity contribution in [1.82, 2.24) is 4.37 Å². The number of hydrogen-bond donors (Lipinski definition) is 0. The summed E-state index contributed by atoms with van der Waals surface area (Å²) < 4.78 is 19.6. The lowest BCUT2D eigenvalue weighted by molar-refractivity contribution is 0.271. The zero-order valence-corrected chi connectivity index (χ0v) is 13.0. The van der Waals surface area contributed by atoms with E-state index < -0.39 is 6.72 Å². The fourth-order valence-electron chi connectivity index (χ4n) is 1.24. The maximum Gasteiger partial charge on any atom is 0.381 e. The van der Waals surface area contributed by atoms with Gasteiger partial charge in [-0.15, -0.1) is 0 Å². The molecule has 0 amide bonds. The van der Waals surface area contributed by atoms with Crippen LogP contribution in [0.5, 0.6) is 5.88 Å². The van der Waals surface area contributed by atoms with E-state index in [0.29, 0.717) is 5.56 Å². The average molecular weight is 306 g/mol. The highest BCUT2D eigenvalue weighted by Gasteiger charge is 2.24. The van der Waals surface area contributed by atoms with Crippen molar-refractivity contribution >= 4 is 30.1 Å². The van der Waals surface area contributed by atoms with Gasteiger partial charge in [0.1, 0.15) is 11.6 Å². The molecule has 0 aliphatic rings. The lowest BCUT2D eigenvalue weighted by Crippen LogP contribution is -1.98. The Morgan fingerprint density at radius 2 is 2.11 bits per heavy atom. The largest absolute Gasteiger partial charge is 0.403 e. The third kappa shape index (κ3) is 3.74. The molecule has 1 rings (SSSR count). The van der Waals surface area contributed by atoms with Gasteiger partial charge in [0.2, 0.25) is 0 Å². The van der Waals surface area contributed by atoms with Gasteiger partial charge < -0.3 is 13.6 Å². The van der Waals surface area contributed by atoms with Crippen LogP contribution in [0.15, 0.2) is 0 Å². The highest BCUT2D eigenvalue weighted by molar-refractivity contribution is 8.07. The minimum Gasteiger partial charge on any atom is -0.403 e. The molecule has 0 aliphatic heterocycles. The van der Waals surface area contributed by atoms with E-state index in [-0.39, 0.29) is 5.88 Å². The maximum absolute atomic E-state index is 9.16. The first kappa shape index (κ1) is 15.5. The fraction of sp³-hybridized carbons (Fsp3) is 0.600. The number of nitrogens with zero attached hydrogens (tertiary/aromatic N) is 2. The zero-order chi connectivity index (χ0) is 13.6. The summed E-state index contributed by atoms with van der Waals surface area (Å²) in [6, 6.07) is 2.11. The minimum atomic E-state index is -2.83. The normalized spacial score (nSPS) is 11.2. The summed E-state index contributed by atoms with van der Waals surface area (Å²) in [6.45, 7) is -0.732. The summed E-state index contributed by atoms with van der Waals surface area (Å²) in [4.78, 5) is 0.920. The van der Waals surface area contributed by atoms with Crippen LogP contribution in [0, 0.1) is 11.3 Å². The molecule has 1 aromatic rings. The van der Waals surface area contributed by atoms with Crippen molar-refractivity contribution in [3.63, 3.8) is 0 Å². The standard InChI is InChI=1S/C10H15N2O3PS2/c1-4-5-6-9-8(7-11)10(12-18-9)15-16(17,13-2)14-3/h4-6H2,1-3H3. The van der Waals surface area contributed by atoms with Crippen molar-refractivity contribution < 1.29 is 13.6 Å². The van der Waals surface area contributed by atoms with Crippen molar-refractivity contribution in [2.24, 2.45) is 0 Å². The summed E-state index contributed by atoms with van der Waals surface area (Å²) >= 11 is 6.36. The van der Waals surface area contributed by atoms with Crippen molar-refractivity contribution in [3.05, 3.63) is 10.4 Å². The predicted molar refractivity (Wildman–Crippen MR) is 74.4 cm³/mol. The van der Waals surface area contributed by atoms with Gasteiger partial charge in [-0.05, 0) is 24.4 Å². The van der Waals surface area contributed by atoms with E-state index >= 15 is 0 Å². The third-order valence-electron chi connectivity index (χ3n) is 2.25. The van der Waals surface area contributed by atoms with Crippen molar-refractivity contribution in [1.29, 1.82) is 5.26 Å². The molecule has 0 aromatic carbocycles. The topological polar surface area (TPSA) is 64.4 Å². The molecule has 0 fully saturated rings. The quantitative estimate of drug-likeness (QED) is 0.720. The van der Waals surface area contributed by atoms with Gasteiger partial charge in [-0.25, -0.2) is 0 Å².